The van der Waals surface area contributed by atoms with Crippen LogP contribution in [0.5, 0.6) is 0 Å². The maximum absolute atomic E-state index is 13.8. The summed E-state index contributed by atoms with van der Waals surface area (Å²) < 4.78 is 26.5. The second-order valence-electron chi connectivity index (χ2n) is 9.74. The van der Waals surface area contributed by atoms with Gasteiger partial charge in [0.1, 0.15) is 29.1 Å². The van der Waals surface area contributed by atoms with Crippen LogP contribution in [0.4, 0.5) is 8.78 Å². The fourth-order valence-corrected chi connectivity index (χ4v) is 6.55. The summed E-state index contributed by atoms with van der Waals surface area (Å²) in [4.78, 5) is 67.9. The molecule has 13 heteroatoms. The Balaban J connectivity index is 1.41. The van der Waals surface area contributed by atoms with Gasteiger partial charge >= 0.3 is 5.97 Å². The molecule has 5 rings (SSSR count). The highest BCUT2D eigenvalue weighted by molar-refractivity contribution is 8.01. The highest BCUT2D eigenvalue weighted by Crippen LogP contribution is 2.50. The number of β-lactam (4-membered cyclic amide) rings is 1. The Morgan fingerprint density at radius 1 is 1.10 bits per heavy atom. The molecule has 39 heavy (non-hydrogen) atoms. The van der Waals surface area contributed by atoms with Crippen molar-refractivity contribution in [2.45, 2.75) is 42.1 Å². The van der Waals surface area contributed by atoms with E-state index in [9.17, 15) is 37.9 Å². The van der Waals surface area contributed by atoms with Crippen molar-refractivity contribution in [2.75, 3.05) is 0 Å². The average Bonchev–Trinajstić information content (AvgIpc) is 3.15. The van der Waals surface area contributed by atoms with Gasteiger partial charge in [-0.1, -0.05) is 30.3 Å². The molecule has 2 aromatic carbocycles. The Morgan fingerprint density at radius 2 is 1.77 bits per heavy atom. The summed E-state index contributed by atoms with van der Waals surface area (Å²) in [6.07, 6.45) is 1.04. The van der Waals surface area contributed by atoms with E-state index in [-0.39, 0.29) is 10.9 Å². The maximum atomic E-state index is 13.8. The molecule has 0 radical (unpaired) electrons. The minimum atomic E-state index is -1.34. The Hall–Kier alpha value is -4.26. The number of carboxylic acids is 1. The van der Waals surface area contributed by atoms with Crippen molar-refractivity contribution in [3.8, 4) is 0 Å². The van der Waals surface area contributed by atoms with Crippen molar-refractivity contribution in [1.29, 1.82) is 0 Å². The number of aromatic nitrogens is 1. The molecule has 1 aromatic heterocycles. The summed E-state index contributed by atoms with van der Waals surface area (Å²) >= 11 is 1.25. The number of pyridine rings is 1. The average molecular weight is 557 g/mol. The summed E-state index contributed by atoms with van der Waals surface area (Å²) in [5.74, 6) is -5.85. The molecule has 2 aliphatic heterocycles. The molecule has 3 aromatic rings. The lowest BCUT2D eigenvalue weighted by atomic mass is 9.95. The minimum Gasteiger partial charge on any atom is -0.480 e. The fraction of sp³-hybridized carbons (Fsp3) is 0.269. The van der Waals surface area contributed by atoms with Gasteiger partial charge in [0.25, 0.3) is 5.91 Å². The first-order chi connectivity index (χ1) is 18.4. The number of fused-ring (bicyclic) bond motifs is 2. The number of aliphatic carboxylic acids is 1. The first-order valence-electron chi connectivity index (χ1n) is 11.8. The molecule has 3 amide bonds. The van der Waals surface area contributed by atoms with Gasteiger partial charge < -0.3 is 25.6 Å². The lowest BCUT2D eigenvalue weighted by Gasteiger charge is -2.44. The van der Waals surface area contributed by atoms with Crippen LogP contribution in [0.1, 0.15) is 35.8 Å². The predicted octanol–water partition coefficient (Wildman–Crippen LogP) is 1.91. The van der Waals surface area contributed by atoms with Gasteiger partial charge in [0.15, 0.2) is 11.6 Å². The molecule has 0 bridgehead atoms. The normalized spacial score (nSPS) is 22.1. The first kappa shape index (κ1) is 26.4. The first-order valence-corrected chi connectivity index (χ1v) is 12.7. The third-order valence-corrected chi connectivity index (χ3v) is 8.38. The number of nitrogens with one attached hydrogen (secondary N) is 3. The molecular weight excluding hydrogens is 534 g/mol. The standard InChI is InChI=1S/C26H22F2N4O6S/c1-26(2)20(25(37)38)32-23(36)18(24(32)39-26)31-22(35)17(11-6-4-3-5-7-11)30-21(34)13-10-29-16-9-15(28)14(27)8-12(16)19(13)33/h3-10,17-18,20,24H,1-2H3,(H,29,33)(H,30,34)(H,31,35)(H,37,38)/t17?,18?,20-,24+/m0/s1. The van der Waals surface area contributed by atoms with Crippen molar-refractivity contribution in [2.24, 2.45) is 0 Å². The van der Waals surface area contributed by atoms with Gasteiger partial charge in [-0.3, -0.25) is 19.2 Å². The van der Waals surface area contributed by atoms with Gasteiger partial charge in [0.2, 0.25) is 17.2 Å². The molecule has 4 N–H and O–H groups in total. The van der Waals surface area contributed by atoms with Crippen LogP contribution in [-0.4, -0.2) is 60.9 Å². The number of rotatable bonds is 6. The molecule has 0 spiro atoms. The van der Waals surface area contributed by atoms with Gasteiger partial charge in [-0.25, -0.2) is 13.6 Å². The van der Waals surface area contributed by atoms with Gasteiger partial charge in [-0.15, -0.1) is 11.8 Å². The van der Waals surface area contributed by atoms with Crippen LogP contribution >= 0.6 is 11.8 Å². The third-order valence-electron chi connectivity index (χ3n) is 6.81. The number of hydrogen-bond acceptors (Lipinski definition) is 6. The lowest BCUT2D eigenvalue weighted by Crippen LogP contribution is -2.71. The predicted molar refractivity (Wildman–Crippen MR) is 137 cm³/mol. The molecule has 2 unspecified atom stereocenters. The summed E-state index contributed by atoms with van der Waals surface area (Å²) in [5.41, 5.74) is -0.982. The largest absolute Gasteiger partial charge is 0.480 e. The SMILES string of the molecule is CC1(C)S[C@@H]2C(NC(=O)C(NC(=O)c3c[nH]c4cc(F)c(F)cc4c3=O)c3ccccc3)C(=O)N2[C@H]1C(=O)O. The number of benzene rings is 2. The second kappa shape index (κ2) is 9.49. The molecule has 2 fully saturated rings. The maximum Gasteiger partial charge on any atom is 0.327 e. The number of amides is 3. The number of thioether (sulfide) groups is 1. The Bertz CT molecular complexity index is 1590. The van der Waals surface area contributed by atoms with E-state index in [1.54, 1.807) is 44.2 Å². The van der Waals surface area contributed by atoms with Crippen LogP contribution in [0.25, 0.3) is 10.9 Å². The van der Waals surface area contributed by atoms with Crippen molar-refractivity contribution in [3.05, 3.63) is 81.6 Å². The molecule has 10 nitrogen and oxygen atoms in total. The van der Waals surface area contributed by atoms with E-state index in [4.69, 9.17) is 0 Å². The zero-order valence-corrected chi connectivity index (χ0v) is 21.3. The number of H-pyrrole nitrogens is 1. The van der Waals surface area contributed by atoms with Crippen LogP contribution in [0.2, 0.25) is 0 Å². The molecule has 3 heterocycles. The number of carbonyl (C=O) groups is 4. The van der Waals surface area contributed by atoms with Crippen molar-refractivity contribution >= 4 is 46.4 Å². The summed E-state index contributed by atoms with van der Waals surface area (Å²) in [5, 5.41) is 13.8. The summed E-state index contributed by atoms with van der Waals surface area (Å²) in [6, 6.07) is 6.15. The highest BCUT2D eigenvalue weighted by atomic mass is 32.2. The molecule has 0 aliphatic carbocycles. The van der Waals surface area contributed by atoms with E-state index in [1.165, 1.54) is 16.7 Å². The zero-order chi connectivity index (χ0) is 28.2. The number of hydrogen-bond donors (Lipinski definition) is 4. The van der Waals surface area contributed by atoms with E-state index < -0.39 is 74.6 Å². The molecule has 202 valence electrons. The van der Waals surface area contributed by atoms with Crippen molar-refractivity contribution in [3.63, 3.8) is 0 Å². The van der Waals surface area contributed by atoms with Gasteiger partial charge in [-0.2, -0.15) is 0 Å². The Morgan fingerprint density at radius 3 is 2.44 bits per heavy atom. The van der Waals surface area contributed by atoms with Crippen LogP contribution in [-0.2, 0) is 14.4 Å². The summed E-state index contributed by atoms with van der Waals surface area (Å²) in [6.45, 7) is 3.41. The second-order valence-corrected chi connectivity index (χ2v) is 11.5. The molecule has 4 atom stereocenters. The van der Waals surface area contributed by atoms with Gasteiger partial charge in [0, 0.05) is 22.4 Å². The third kappa shape index (κ3) is 4.42. The number of halogens is 2. The Kier molecular flexibility index (Phi) is 6.41. The molecule has 2 saturated heterocycles. The monoisotopic (exact) mass is 556 g/mol. The number of nitrogens with zero attached hydrogens (tertiary/aromatic N) is 1. The minimum absolute atomic E-state index is 0.0162. The van der Waals surface area contributed by atoms with E-state index in [1.807, 2.05) is 0 Å². The van der Waals surface area contributed by atoms with E-state index in [0.717, 1.165) is 12.3 Å². The molecule has 2 aliphatic rings. The number of carboxylic acid groups (broad SMARTS) is 1. The smallest absolute Gasteiger partial charge is 0.327 e. The lowest BCUT2D eigenvalue weighted by molar-refractivity contribution is -0.161. The van der Waals surface area contributed by atoms with Crippen LogP contribution < -0.4 is 16.1 Å². The fourth-order valence-electron chi connectivity index (χ4n) is 4.92. The number of aromatic amines is 1. The Labute approximate surface area is 223 Å². The van der Waals surface area contributed by atoms with E-state index in [2.05, 4.69) is 15.6 Å². The van der Waals surface area contributed by atoms with Gasteiger partial charge in [0.05, 0.1) is 5.52 Å². The van der Waals surface area contributed by atoms with Crippen molar-refractivity contribution in [1.82, 2.24) is 20.5 Å². The molecular formula is C26H22F2N4O6S. The molecule has 0 saturated carbocycles. The van der Waals surface area contributed by atoms with Crippen LogP contribution in [0.3, 0.4) is 0 Å². The van der Waals surface area contributed by atoms with E-state index >= 15 is 0 Å². The van der Waals surface area contributed by atoms with E-state index in [0.29, 0.717) is 11.6 Å². The zero-order valence-electron chi connectivity index (χ0n) is 20.5. The summed E-state index contributed by atoms with van der Waals surface area (Å²) in [7, 11) is 0. The van der Waals surface area contributed by atoms with Crippen LogP contribution in [0.15, 0.2) is 53.5 Å². The van der Waals surface area contributed by atoms with Crippen molar-refractivity contribution < 1.29 is 33.1 Å². The highest BCUT2D eigenvalue weighted by Gasteiger charge is 2.64. The van der Waals surface area contributed by atoms with Crippen LogP contribution in [0, 0.1) is 11.6 Å². The topological polar surface area (TPSA) is 149 Å². The number of carbonyl (C=O) groups excluding carboxylic acids is 3. The quantitative estimate of drug-likeness (QED) is 0.339. The van der Waals surface area contributed by atoms with Gasteiger partial charge in [-0.05, 0) is 25.5 Å².